The Morgan fingerprint density at radius 1 is 1.29 bits per heavy atom. The molecule has 5 heteroatoms. The van der Waals surface area contributed by atoms with E-state index in [1.807, 2.05) is 6.07 Å². The maximum absolute atomic E-state index is 13.8. The highest BCUT2D eigenvalue weighted by molar-refractivity contribution is 5.61. The van der Waals surface area contributed by atoms with Gasteiger partial charge in [0, 0.05) is 24.2 Å². The van der Waals surface area contributed by atoms with E-state index in [2.05, 4.69) is 5.32 Å². The van der Waals surface area contributed by atoms with Gasteiger partial charge < -0.3 is 5.32 Å². The summed E-state index contributed by atoms with van der Waals surface area (Å²) in [5, 5.41) is 3.03. The van der Waals surface area contributed by atoms with Crippen LogP contribution in [0.3, 0.4) is 0 Å². The molecule has 0 fully saturated rings. The molecule has 0 spiro atoms. The van der Waals surface area contributed by atoms with E-state index in [1.165, 1.54) is 0 Å². The Kier molecular flexibility index (Phi) is 3.26. The van der Waals surface area contributed by atoms with E-state index in [1.54, 1.807) is 12.1 Å². The summed E-state index contributed by atoms with van der Waals surface area (Å²) < 4.78 is 49.9. The topological polar surface area (TPSA) is 12.0 Å². The number of hydrogen-bond donors (Lipinski definition) is 1. The van der Waals surface area contributed by atoms with E-state index in [-0.39, 0.29) is 0 Å². The van der Waals surface area contributed by atoms with Crippen molar-refractivity contribution in [2.24, 2.45) is 0 Å². The van der Waals surface area contributed by atoms with E-state index < -0.39 is 25.2 Å². The molecule has 0 bridgehead atoms. The first-order valence-corrected chi connectivity index (χ1v) is 5.54. The number of fused-ring (bicyclic) bond motifs is 1. The van der Waals surface area contributed by atoms with E-state index in [9.17, 15) is 17.6 Å². The zero-order valence-electron chi connectivity index (χ0n) is 9.15. The molecule has 1 aromatic rings. The van der Waals surface area contributed by atoms with Gasteiger partial charge in [-0.1, -0.05) is 18.2 Å². The summed E-state index contributed by atoms with van der Waals surface area (Å²) in [7, 11) is 0. The van der Waals surface area contributed by atoms with Crippen molar-refractivity contribution in [2.75, 3.05) is 11.9 Å². The fourth-order valence-electron chi connectivity index (χ4n) is 2.07. The summed E-state index contributed by atoms with van der Waals surface area (Å²) in [6.07, 6.45) is -6.65. The summed E-state index contributed by atoms with van der Waals surface area (Å²) in [5.41, 5.74) is 2.02. The third kappa shape index (κ3) is 2.90. The van der Waals surface area contributed by atoms with Gasteiger partial charge in [-0.15, -0.1) is 0 Å². The molecule has 1 N–H and O–H groups in total. The zero-order valence-corrected chi connectivity index (χ0v) is 9.15. The second-order valence-corrected chi connectivity index (χ2v) is 4.18. The minimum absolute atomic E-state index is 0.351. The van der Waals surface area contributed by atoms with Gasteiger partial charge in [-0.2, -0.15) is 13.2 Å². The molecule has 2 rings (SSSR count). The highest BCUT2D eigenvalue weighted by atomic mass is 19.4. The van der Waals surface area contributed by atoms with Crippen LogP contribution in [0.5, 0.6) is 0 Å². The summed E-state index contributed by atoms with van der Waals surface area (Å²) in [6.45, 7) is 0.721. The van der Waals surface area contributed by atoms with Gasteiger partial charge in [0.15, 0.2) is 0 Å². The summed E-state index contributed by atoms with van der Waals surface area (Å²) in [4.78, 5) is 0. The van der Waals surface area contributed by atoms with E-state index in [0.717, 1.165) is 18.5 Å². The Bertz CT molecular complexity index is 400. The maximum Gasteiger partial charge on any atom is 0.389 e. The molecule has 0 saturated heterocycles. The normalized spacial score (nSPS) is 16.5. The van der Waals surface area contributed by atoms with Crippen LogP contribution in [-0.4, -0.2) is 12.7 Å². The van der Waals surface area contributed by atoms with Crippen molar-refractivity contribution >= 4 is 5.69 Å². The Balaban J connectivity index is 2.10. The number of benzene rings is 1. The smallest absolute Gasteiger partial charge is 0.384 e. The molecule has 1 atom stereocenters. The predicted octanol–water partition coefficient (Wildman–Crippen LogP) is 4.01. The average Bonchev–Trinajstić information content (AvgIpc) is 2.72. The molecule has 1 unspecified atom stereocenters. The van der Waals surface area contributed by atoms with Gasteiger partial charge in [-0.3, -0.25) is 0 Å². The van der Waals surface area contributed by atoms with E-state index >= 15 is 0 Å². The molecule has 94 valence electrons. The molecule has 17 heavy (non-hydrogen) atoms. The second kappa shape index (κ2) is 4.55. The molecule has 1 aromatic carbocycles. The van der Waals surface area contributed by atoms with Crippen LogP contribution in [0.2, 0.25) is 0 Å². The van der Waals surface area contributed by atoms with Gasteiger partial charge in [0.25, 0.3) is 0 Å². The highest BCUT2D eigenvalue weighted by Gasteiger charge is 2.30. The number of hydrogen-bond acceptors (Lipinski definition) is 1. The second-order valence-electron chi connectivity index (χ2n) is 4.18. The van der Waals surface area contributed by atoms with Crippen molar-refractivity contribution in [1.29, 1.82) is 0 Å². The molecule has 1 nitrogen and oxygen atoms in total. The summed E-state index contributed by atoms with van der Waals surface area (Å²) >= 11 is 0. The van der Waals surface area contributed by atoms with Crippen LogP contribution in [0.1, 0.15) is 30.1 Å². The third-order valence-corrected chi connectivity index (χ3v) is 2.90. The Morgan fingerprint density at radius 2 is 2.06 bits per heavy atom. The highest BCUT2D eigenvalue weighted by Crippen LogP contribution is 2.36. The largest absolute Gasteiger partial charge is 0.389 e. The lowest BCUT2D eigenvalue weighted by Gasteiger charge is -2.14. The van der Waals surface area contributed by atoms with E-state index in [0.29, 0.717) is 11.3 Å². The number of rotatable bonds is 3. The average molecular weight is 247 g/mol. The Hall–Kier alpha value is -1.26. The molecule has 1 aliphatic rings. The van der Waals surface area contributed by atoms with Crippen LogP contribution in [-0.2, 0) is 6.42 Å². The van der Waals surface area contributed by atoms with Crippen molar-refractivity contribution in [2.45, 2.75) is 31.6 Å². The molecule has 0 aromatic heterocycles. The fourth-order valence-corrected chi connectivity index (χ4v) is 2.07. The molecule has 1 heterocycles. The predicted molar refractivity (Wildman–Crippen MR) is 57.8 cm³/mol. The number of alkyl halides is 4. The lowest BCUT2D eigenvalue weighted by molar-refractivity contribution is -0.138. The third-order valence-electron chi connectivity index (χ3n) is 2.90. The minimum atomic E-state index is -4.30. The number of anilines is 1. The summed E-state index contributed by atoms with van der Waals surface area (Å²) in [5.74, 6) is 0. The molecule has 0 saturated carbocycles. The standard InChI is InChI=1S/C12H13F4N/c13-10(4-6-12(14,15)16)9-3-1-2-8-5-7-17-11(8)9/h1-3,10,17H,4-7H2. The van der Waals surface area contributed by atoms with Gasteiger partial charge in [0.2, 0.25) is 0 Å². The number of halogens is 4. The molecule has 0 radical (unpaired) electrons. The first-order valence-electron chi connectivity index (χ1n) is 5.54. The molecular formula is C12H13F4N. The maximum atomic E-state index is 13.8. The SMILES string of the molecule is FC(CCC(F)(F)F)c1cccc2c1NCC2. The Morgan fingerprint density at radius 3 is 2.76 bits per heavy atom. The first-order chi connectivity index (χ1) is 7.97. The van der Waals surface area contributed by atoms with Crippen molar-refractivity contribution in [1.82, 2.24) is 0 Å². The van der Waals surface area contributed by atoms with Gasteiger partial charge >= 0.3 is 6.18 Å². The van der Waals surface area contributed by atoms with Gasteiger partial charge in [-0.05, 0) is 18.4 Å². The van der Waals surface area contributed by atoms with Crippen LogP contribution >= 0.6 is 0 Å². The Labute approximate surface area is 96.8 Å². The first kappa shape index (κ1) is 12.2. The molecule has 0 aliphatic carbocycles. The fraction of sp³-hybridized carbons (Fsp3) is 0.500. The number of para-hydroxylation sites is 1. The minimum Gasteiger partial charge on any atom is -0.384 e. The monoisotopic (exact) mass is 247 g/mol. The van der Waals surface area contributed by atoms with Crippen LogP contribution in [0.25, 0.3) is 0 Å². The van der Waals surface area contributed by atoms with Crippen molar-refractivity contribution in [3.05, 3.63) is 29.3 Å². The quantitative estimate of drug-likeness (QED) is 0.796. The van der Waals surface area contributed by atoms with Gasteiger partial charge in [-0.25, -0.2) is 4.39 Å². The zero-order chi connectivity index (χ0) is 12.5. The van der Waals surface area contributed by atoms with Crippen LogP contribution in [0.15, 0.2) is 18.2 Å². The number of nitrogens with one attached hydrogen (secondary N) is 1. The lowest BCUT2D eigenvalue weighted by Crippen LogP contribution is -2.09. The van der Waals surface area contributed by atoms with E-state index in [4.69, 9.17) is 0 Å². The van der Waals surface area contributed by atoms with Crippen molar-refractivity contribution < 1.29 is 17.6 Å². The summed E-state index contributed by atoms with van der Waals surface area (Å²) in [6, 6.07) is 5.12. The lowest BCUT2D eigenvalue weighted by atomic mass is 10.0. The van der Waals surface area contributed by atoms with Crippen molar-refractivity contribution in [3.63, 3.8) is 0 Å². The molecule has 0 amide bonds. The van der Waals surface area contributed by atoms with Crippen LogP contribution in [0, 0.1) is 0 Å². The van der Waals surface area contributed by atoms with Crippen LogP contribution < -0.4 is 5.32 Å². The van der Waals surface area contributed by atoms with Gasteiger partial charge in [0.05, 0.1) is 0 Å². The van der Waals surface area contributed by atoms with Crippen molar-refractivity contribution in [3.8, 4) is 0 Å². The molecular weight excluding hydrogens is 234 g/mol. The van der Waals surface area contributed by atoms with Gasteiger partial charge in [0.1, 0.15) is 6.17 Å². The molecule has 1 aliphatic heterocycles. The van der Waals surface area contributed by atoms with Crippen LogP contribution in [0.4, 0.5) is 23.2 Å².